The maximum atomic E-state index is 13.1. The van der Waals surface area contributed by atoms with Crippen LogP contribution in [-0.4, -0.2) is 37.7 Å². The van der Waals surface area contributed by atoms with Crippen molar-refractivity contribution in [3.05, 3.63) is 80.9 Å². The summed E-state index contributed by atoms with van der Waals surface area (Å²) < 4.78 is 40.9. The predicted octanol–water partition coefficient (Wildman–Crippen LogP) is 2.79. The number of anilines is 1. The van der Waals surface area contributed by atoms with Gasteiger partial charge in [-0.2, -0.15) is 18.3 Å². The van der Waals surface area contributed by atoms with Crippen molar-refractivity contribution < 1.29 is 13.2 Å². The van der Waals surface area contributed by atoms with Crippen LogP contribution in [0.5, 0.6) is 0 Å². The zero-order valence-electron chi connectivity index (χ0n) is 16.6. The maximum Gasteiger partial charge on any atom is 0.416 e. The summed E-state index contributed by atoms with van der Waals surface area (Å²) in [7, 11) is 0. The summed E-state index contributed by atoms with van der Waals surface area (Å²) in [5.41, 5.74) is 0.585. The summed E-state index contributed by atoms with van der Waals surface area (Å²) in [6, 6.07) is 7.13. The molecule has 3 aromatic heterocycles. The molecule has 1 saturated heterocycles. The van der Waals surface area contributed by atoms with Crippen LogP contribution in [0.25, 0.3) is 16.9 Å². The summed E-state index contributed by atoms with van der Waals surface area (Å²) in [5.74, 6) is -0.0830. The summed E-state index contributed by atoms with van der Waals surface area (Å²) in [6.45, 7) is 1.10. The van der Waals surface area contributed by atoms with Gasteiger partial charge >= 0.3 is 11.9 Å². The lowest BCUT2D eigenvalue weighted by molar-refractivity contribution is -0.137. The zero-order valence-corrected chi connectivity index (χ0v) is 16.6. The molecule has 32 heavy (non-hydrogen) atoms. The first kappa shape index (κ1) is 20.0. The van der Waals surface area contributed by atoms with Crippen LogP contribution in [0.3, 0.4) is 0 Å². The monoisotopic (exact) mass is 442 g/mol. The van der Waals surface area contributed by atoms with Crippen LogP contribution in [0.4, 0.5) is 18.9 Å². The van der Waals surface area contributed by atoms with Crippen molar-refractivity contribution in [2.45, 2.75) is 18.5 Å². The Morgan fingerprint density at radius 3 is 2.78 bits per heavy atom. The van der Waals surface area contributed by atoms with E-state index >= 15 is 0 Å². The summed E-state index contributed by atoms with van der Waals surface area (Å²) in [5, 5.41) is 4.40. The van der Waals surface area contributed by atoms with Crippen molar-refractivity contribution in [1.29, 1.82) is 0 Å². The minimum atomic E-state index is -4.39. The lowest BCUT2D eigenvalue weighted by Crippen LogP contribution is -2.24. The lowest BCUT2D eigenvalue weighted by atomic mass is 9.96. The number of alkyl halides is 3. The third-order valence-electron chi connectivity index (χ3n) is 5.65. The van der Waals surface area contributed by atoms with Crippen molar-refractivity contribution in [2.75, 3.05) is 18.0 Å². The first-order valence-corrected chi connectivity index (χ1v) is 9.88. The minimum Gasteiger partial charge on any atom is -0.368 e. The van der Waals surface area contributed by atoms with Gasteiger partial charge < -0.3 is 9.88 Å². The standard InChI is InChI=1S/C21H17F3N6O2/c22-21(23,24)14-3-1-2-12(8-14)13-4-6-29(11-13)17-9-16(28-30-7-5-25-18(17)30)15-10-26-20(32)27-19(15)31/h1-3,5,7-10,13H,4,6,11H2,(H2,26,27,31,32). The molecule has 0 bridgehead atoms. The number of H-pyrrole nitrogens is 2. The summed E-state index contributed by atoms with van der Waals surface area (Å²) >= 11 is 0. The third-order valence-corrected chi connectivity index (χ3v) is 5.65. The minimum absolute atomic E-state index is 0.0830. The van der Waals surface area contributed by atoms with Gasteiger partial charge in [0, 0.05) is 37.6 Å². The van der Waals surface area contributed by atoms with Crippen LogP contribution in [0, 0.1) is 0 Å². The number of hydrogen-bond acceptors (Lipinski definition) is 5. The van der Waals surface area contributed by atoms with E-state index in [0.29, 0.717) is 42.1 Å². The number of fused-ring (bicyclic) bond motifs is 1. The van der Waals surface area contributed by atoms with Gasteiger partial charge in [0.05, 0.1) is 16.8 Å². The Morgan fingerprint density at radius 2 is 2.00 bits per heavy atom. The van der Waals surface area contributed by atoms with Gasteiger partial charge in [0.1, 0.15) is 5.69 Å². The number of hydrogen-bond donors (Lipinski definition) is 2. The van der Waals surface area contributed by atoms with Gasteiger partial charge in [-0.25, -0.2) is 14.3 Å². The van der Waals surface area contributed by atoms with Crippen LogP contribution in [0.15, 0.2) is 58.5 Å². The van der Waals surface area contributed by atoms with E-state index in [4.69, 9.17) is 0 Å². The molecule has 1 atom stereocenters. The Bertz CT molecular complexity index is 1420. The van der Waals surface area contributed by atoms with Gasteiger partial charge in [-0.05, 0) is 24.1 Å². The highest BCUT2D eigenvalue weighted by molar-refractivity contribution is 5.74. The van der Waals surface area contributed by atoms with Crippen LogP contribution < -0.4 is 16.1 Å². The second-order valence-electron chi connectivity index (χ2n) is 7.65. The number of aromatic nitrogens is 5. The molecule has 8 nitrogen and oxygen atoms in total. The number of benzene rings is 1. The van der Waals surface area contributed by atoms with Gasteiger partial charge in [-0.15, -0.1) is 0 Å². The van der Waals surface area contributed by atoms with Crippen molar-refractivity contribution in [2.24, 2.45) is 0 Å². The molecule has 1 aliphatic rings. The second-order valence-corrected chi connectivity index (χ2v) is 7.65. The molecule has 1 unspecified atom stereocenters. The van der Waals surface area contributed by atoms with Gasteiger partial charge in [0.2, 0.25) is 0 Å². The van der Waals surface area contributed by atoms with E-state index in [2.05, 4.69) is 20.1 Å². The largest absolute Gasteiger partial charge is 0.416 e. The molecule has 2 N–H and O–H groups in total. The molecule has 4 aromatic rings. The molecule has 11 heteroatoms. The molecular weight excluding hydrogens is 425 g/mol. The Balaban J connectivity index is 1.51. The van der Waals surface area contributed by atoms with Crippen LogP contribution in [-0.2, 0) is 6.18 Å². The number of nitrogens with zero attached hydrogens (tertiary/aromatic N) is 4. The molecule has 1 fully saturated rings. The van der Waals surface area contributed by atoms with Crippen LogP contribution in [0.1, 0.15) is 23.5 Å². The average molecular weight is 442 g/mol. The van der Waals surface area contributed by atoms with Crippen molar-refractivity contribution in [3.63, 3.8) is 0 Å². The predicted molar refractivity (Wildman–Crippen MR) is 111 cm³/mol. The van der Waals surface area contributed by atoms with E-state index < -0.39 is 23.0 Å². The topological polar surface area (TPSA) is 99.2 Å². The molecular formula is C21H17F3N6O2. The fourth-order valence-corrected chi connectivity index (χ4v) is 4.08. The fourth-order valence-electron chi connectivity index (χ4n) is 4.08. The molecule has 4 heterocycles. The van der Waals surface area contributed by atoms with Gasteiger partial charge in [0.25, 0.3) is 5.56 Å². The number of imidazole rings is 1. The Morgan fingerprint density at radius 1 is 1.16 bits per heavy atom. The van der Waals surface area contributed by atoms with E-state index in [1.54, 1.807) is 24.5 Å². The Labute approximate surface area is 178 Å². The maximum absolute atomic E-state index is 13.1. The Hall–Kier alpha value is -3.89. The van der Waals surface area contributed by atoms with Gasteiger partial charge in [0.15, 0.2) is 5.65 Å². The van der Waals surface area contributed by atoms with E-state index in [1.807, 2.05) is 4.90 Å². The molecule has 0 amide bonds. The second kappa shape index (κ2) is 7.36. The molecule has 0 spiro atoms. The SMILES string of the molecule is O=c1[nH]cc(-c2cc(N3CCC(c4cccc(C(F)(F)F)c4)C3)c3nccn3n2)c(=O)[nH]1. The fraction of sp³-hybridized carbons (Fsp3) is 0.238. The van der Waals surface area contributed by atoms with E-state index in [1.165, 1.54) is 22.8 Å². The highest BCUT2D eigenvalue weighted by Crippen LogP contribution is 2.36. The van der Waals surface area contributed by atoms with Gasteiger partial charge in [-0.1, -0.05) is 18.2 Å². The molecule has 1 aliphatic heterocycles. The molecule has 0 saturated carbocycles. The number of aromatic amines is 2. The Kier molecular flexibility index (Phi) is 4.61. The summed E-state index contributed by atoms with van der Waals surface area (Å²) in [6.07, 6.45) is 0.798. The summed E-state index contributed by atoms with van der Waals surface area (Å²) in [4.78, 5) is 34.6. The smallest absolute Gasteiger partial charge is 0.368 e. The number of nitrogens with one attached hydrogen (secondary N) is 2. The first-order valence-electron chi connectivity index (χ1n) is 9.88. The molecule has 164 valence electrons. The zero-order chi connectivity index (χ0) is 22.5. The first-order chi connectivity index (χ1) is 15.3. The molecule has 5 rings (SSSR count). The normalized spacial score (nSPS) is 16.7. The highest BCUT2D eigenvalue weighted by atomic mass is 19.4. The van der Waals surface area contributed by atoms with Crippen molar-refractivity contribution in [3.8, 4) is 11.3 Å². The third kappa shape index (κ3) is 3.55. The average Bonchev–Trinajstić information content (AvgIpc) is 3.42. The number of halogens is 3. The molecule has 0 radical (unpaired) electrons. The van der Waals surface area contributed by atoms with E-state index in [0.717, 1.165) is 6.07 Å². The van der Waals surface area contributed by atoms with Crippen molar-refractivity contribution in [1.82, 2.24) is 24.6 Å². The van der Waals surface area contributed by atoms with Crippen LogP contribution >= 0.6 is 0 Å². The van der Waals surface area contributed by atoms with E-state index in [9.17, 15) is 22.8 Å². The molecule has 0 aliphatic carbocycles. The molecule has 1 aromatic carbocycles. The highest BCUT2D eigenvalue weighted by Gasteiger charge is 2.32. The quantitative estimate of drug-likeness (QED) is 0.508. The van der Waals surface area contributed by atoms with E-state index in [-0.39, 0.29) is 11.5 Å². The van der Waals surface area contributed by atoms with Crippen molar-refractivity contribution >= 4 is 11.3 Å². The van der Waals surface area contributed by atoms with Gasteiger partial charge in [-0.3, -0.25) is 9.78 Å². The number of rotatable bonds is 3. The van der Waals surface area contributed by atoms with Crippen LogP contribution in [0.2, 0.25) is 0 Å². The lowest BCUT2D eigenvalue weighted by Gasteiger charge is -2.20.